The van der Waals surface area contributed by atoms with Gasteiger partial charge in [0.05, 0.1) is 12.9 Å². The van der Waals surface area contributed by atoms with Crippen LogP contribution in [0.2, 0.25) is 0 Å². The van der Waals surface area contributed by atoms with E-state index in [4.69, 9.17) is 10.5 Å². The molecule has 0 aliphatic carbocycles. The van der Waals surface area contributed by atoms with E-state index in [0.29, 0.717) is 18.9 Å². The number of hydrogen-bond acceptors (Lipinski definition) is 6. The van der Waals surface area contributed by atoms with Crippen molar-refractivity contribution in [1.29, 1.82) is 0 Å². The number of benzene rings is 3. The highest BCUT2D eigenvalue weighted by molar-refractivity contribution is 7.88. The molecule has 10 heteroatoms. The van der Waals surface area contributed by atoms with Gasteiger partial charge in [0.1, 0.15) is 17.8 Å². The van der Waals surface area contributed by atoms with E-state index in [1.54, 1.807) is 24.3 Å². The fraction of sp³-hybridized carbons (Fsp3) is 0.310. The summed E-state index contributed by atoms with van der Waals surface area (Å²) >= 11 is 0. The van der Waals surface area contributed by atoms with Crippen LogP contribution in [0.4, 0.5) is 0 Å². The van der Waals surface area contributed by atoms with Gasteiger partial charge in [0, 0.05) is 19.5 Å². The summed E-state index contributed by atoms with van der Waals surface area (Å²) in [5, 5.41) is 5.66. The molecule has 5 N–H and O–H groups in total. The molecule has 0 bridgehead atoms. The summed E-state index contributed by atoms with van der Waals surface area (Å²) in [5.41, 5.74) is 9.11. The topological polar surface area (TPSA) is 140 Å². The quantitative estimate of drug-likeness (QED) is 0.241. The van der Waals surface area contributed by atoms with Gasteiger partial charge in [-0.3, -0.25) is 9.59 Å². The number of nitrogens with two attached hydrogens (primary N) is 1. The minimum atomic E-state index is -3.72. The summed E-state index contributed by atoms with van der Waals surface area (Å²) < 4.78 is 32.0. The maximum Gasteiger partial charge on any atom is 0.243 e. The van der Waals surface area contributed by atoms with Gasteiger partial charge in [0.25, 0.3) is 0 Å². The molecule has 0 aliphatic rings. The zero-order chi connectivity index (χ0) is 28.3. The molecule has 0 aromatic heterocycles. The van der Waals surface area contributed by atoms with Crippen LogP contribution in [0.5, 0.6) is 5.75 Å². The largest absolute Gasteiger partial charge is 0.494 e. The molecule has 0 radical (unpaired) electrons. The summed E-state index contributed by atoms with van der Waals surface area (Å²) in [6, 6.07) is 21.9. The van der Waals surface area contributed by atoms with Gasteiger partial charge in [0.2, 0.25) is 21.8 Å². The van der Waals surface area contributed by atoms with Crippen LogP contribution in [-0.2, 0) is 45.5 Å². The monoisotopic (exact) mass is 552 g/mol. The highest BCUT2D eigenvalue weighted by atomic mass is 32.2. The first-order chi connectivity index (χ1) is 18.7. The van der Waals surface area contributed by atoms with Crippen molar-refractivity contribution in [2.75, 3.05) is 12.9 Å². The molecule has 3 aromatic rings. The summed E-state index contributed by atoms with van der Waals surface area (Å²) in [7, 11) is -3.72. The van der Waals surface area contributed by atoms with Gasteiger partial charge in [-0.15, -0.1) is 0 Å². The van der Waals surface area contributed by atoms with E-state index in [1.807, 2.05) is 61.5 Å². The first-order valence-electron chi connectivity index (χ1n) is 12.8. The van der Waals surface area contributed by atoms with Crippen molar-refractivity contribution in [3.8, 4) is 5.75 Å². The Morgan fingerprint density at radius 3 is 1.95 bits per heavy atom. The van der Waals surface area contributed by atoms with Gasteiger partial charge in [-0.2, -0.15) is 0 Å². The van der Waals surface area contributed by atoms with Crippen LogP contribution in [0.15, 0.2) is 78.9 Å². The number of nitrogens with one attached hydrogen (secondary N) is 3. The van der Waals surface area contributed by atoms with E-state index in [9.17, 15) is 18.0 Å². The summed E-state index contributed by atoms with van der Waals surface area (Å²) in [6.07, 6.45) is 1.33. The Labute approximate surface area is 230 Å². The fourth-order valence-electron chi connectivity index (χ4n) is 4.01. The van der Waals surface area contributed by atoms with Crippen molar-refractivity contribution >= 4 is 21.8 Å². The first-order valence-corrected chi connectivity index (χ1v) is 14.6. The van der Waals surface area contributed by atoms with Gasteiger partial charge >= 0.3 is 0 Å². The van der Waals surface area contributed by atoms with Crippen LogP contribution in [0.1, 0.15) is 29.2 Å². The molecule has 2 atom stereocenters. The van der Waals surface area contributed by atoms with E-state index < -0.39 is 28.0 Å². The maximum absolute atomic E-state index is 13.4. The number of carbonyl (C=O) groups is 2. The van der Waals surface area contributed by atoms with Crippen LogP contribution in [0.25, 0.3) is 0 Å². The number of hydrogen-bond donors (Lipinski definition) is 4. The van der Waals surface area contributed by atoms with Gasteiger partial charge in [0.15, 0.2) is 0 Å². The predicted octanol–water partition coefficient (Wildman–Crippen LogP) is 2.05. The van der Waals surface area contributed by atoms with E-state index in [2.05, 4.69) is 15.4 Å². The Morgan fingerprint density at radius 1 is 0.795 bits per heavy atom. The normalized spacial score (nSPS) is 12.8. The minimum absolute atomic E-state index is 0.0957. The molecule has 39 heavy (non-hydrogen) atoms. The van der Waals surface area contributed by atoms with Crippen LogP contribution < -0.4 is 25.8 Å². The van der Waals surface area contributed by atoms with Crippen molar-refractivity contribution in [2.45, 2.75) is 44.9 Å². The van der Waals surface area contributed by atoms with Crippen molar-refractivity contribution in [1.82, 2.24) is 15.4 Å². The lowest BCUT2D eigenvalue weighted by atomic mass is 10.0. The molecule has 1 unspecified atom stereocenters. The molecule has 2 amide bonds. The highest BCUT2D eigenvalue weighted by Crippen LogP contribution is 2.14. The average molecular weight is 553 g/mol. The third-order valence-electron chi connectivity index (χ3n) is 5.99. The molecule has 208 valence electrons. The number of carbonyl (C=O) groups excluding carboxylic acids is 2. The van der Waals surface area contributed by atoms with Crippen LogP contribution in [0.3, 0.4) is 0 Å². The van der Waals surface area contributed by atoms with E-state index >= 15 is 0 Å². The Hall–Kier alpha value is -3.73. The number of sulfonamides is 1. The Bertz CT molecular complexity index is 1310. The number of amides is 2. The summed E-state index contributed by atoms with van der Waals surface area (Å²) in [6.45, 7) is 3.09. The van der Waals surface area contributed by atoms with Crippen LogP contribution in [0, 0.1) is 0 Å². The zero-order valence-electron chi connectivity index (χ0n) is 22.2. The standard InChI is InChI=1S/C29H36N4O5S/c1-3-38-25-15-13-22(14-16-25)18-27(33-39(2,36)37)29(35)32-26(17-21-7-5-4-6-8-21)28(34)31-20-24-11-9-23(19-30)10-12-24/h4-16,26-27,33H,3,17-20,30H2,1-2H3,(H,31,34)(H,32,35)/t26-,27?/m0/s1. The van der Waals surface area contributed by atoms with Crippen LogP contribution >= 0.6 is 0 Å². The van der Waals surface area contributed by atoms with Gasteiger partial charge in [-0.05, 0) is 47.7 Å². The molecule has 0 aliphatic heterocycles. The highest BCUT2D eigenvalue weighted by Gasteiger charge is 2.28. The molecule has 9 nitrogen and oxygen atoms in total. The number of rotatable bonds is 14. The van der Waals surface area contributed by atoms with Crippen molar-refractivity contribution < 1.29 is 22.7 Å². The molecule has 0 saturated carbocycles. The van der Waals surface area contributed by atoms with Crippen molar-refractivity contribution in [3.63, 3.8) is 0 Å². The second-order valence-electron chi connectivity index (χ2n) is 9.21. The Kier molecular flexibility index (Phi) is 11.0. The zero-order valence-corrected chi connectivity index (χ0v) is 23.0. The lowest BCUT2D eigenvalue weighted by Crippen LogP contribution is -2.54. The van der Waals surface area contributed by atoms with Gasteiger partial charge in [-0.1, -0.05) is 66.7 Å². The molecular weight excluding hydrogens is 516 g/mol. The van der Waals surface area contributed by atoms with E-state index in [0.717, 1.165) is 28.5 Å². The minimum Gasteiger partial charge on any atom is -0.494 e. The third kappa shape index (κ3) is 10.2. The average Bonchev–Trinajstić information content (AvgIpc) is 2.92. The molecule has 0 fully saturated rings. The van der Waals surface area contributed by atoms with E-state index in [1.165, 1.54) is 0 Å². The Balaban J connectivity index is 1.76. The summed E-state index contributed by atoms with van der Waals surface area (Å²) in [4.78, 5) is 26.6. The van der Waals surface area contributed by atoms with Gasteiger partial charge in [-0.25, -0.2) is 13.1 Å². The molecule has 0 spiro atoms. The lowest BCUT2D eigenvalue weighted by Gasteiger charge is -2.23. The van der Waals surface area contributed by atoms with Gasteiger partial charge < -0.3 is 21.1 Å². The second kappa shape index (κ2) is 14.4. The predicted molar refractivity (Wildman–Crippen MR) is 151 cm³/mol. The SMILES string of the molecule is CCOc1ccc(CC(NS(C)(=O)=O)C(=O)N[C@@H](Cc2ccccc2)C(=O)NCc2ccc(CN)cc2)cc1. The van der Waals surface area contributed by atoms with E-state index in [-0.39, 0.29) is 25.3 Å². The summed E-state index contributed by atoms with van der Waals surface area (Å²) in [5.74, 6) is -0.303. The molecular formula is C29H36N4O5S. The first kappa shape index (κ1) is 29.8. The third-order valence-corrected chi connectivity index (χ3v) is 6.70. The maximum atomic E-state index is 13.4. The number of ether oxygens (including phenoxy) is 1. The molecule has 3 aromatic carbocycles. The van der Waals surface area contributed by atoms with Crippen molar-refractivity contribution in [3.05, 3.63) is 101 Å². The van der Waals surface area contributed by atoms with Crippen molar-refractivity contribution in [2.24, 2.45) is 5.73 Å². The molecule has 3 rings (SSSR count). The fourth-order valence-corrected chi connectivity index (χ4v) is 4.71. The lowest BCUT2D eigenvalue weighted by molar-refractivity contribution is -0.129. The molecule has 0 heterocycles. The second-order valence-corrected chi connectivity index (χ2v) is 11.0. The van der Waals surface area contributed by atoms with Crippen LogP contribution in [-0.4, -0.2) is 45.2 Å². The smallest absolute Gasteiger partial charge is 0.243 e. The molecule has 0 saturated heterocycles. The Morgan fingerprint density at radius 2 is 1.36 bits per heavy atom.